The Labute approximate surface area is 56.8 Å². The minimum Gasteiger partial charge on any atom is -0.311 e. The highest BCUT2D eigenvalue weighted by Crippen LogP contribution is 2.48. The molecule has 2 aliphatic rings. The lowest BCUT2D eigenvalue weighted by atomic mass is 9.90. The summed E-state index contributed by atoms with van der Waals surface area (Å²) in [5.74, 6) is 0. The van der Waals surface area contributed by atoms with Gasteiger partial charge in [0.1, 0.15) is 0 Å². The molecule has 1 aliphatic heterocycles. The summed E-state index contributed by atoms with van der Waals surface area (Å²) in [5, 5.41) is 3.60. The van der Waals surface area contributed by atoms with Gasteiger partial charge in [-0.25, -0.2) is 0 Å². The average Bonchev–Trinajstić information content (AvgIpc) is 2.36. The number of hydrogen-bond acceptors (Lipinski definition) is 1. The molecule has 0 radical (unpaired) electrons. The van der Waals surface area contributed by atoms with E-state index in [2.05, 4.69) is 19.2 Å². The highest BCUT2D eigenvalue weighted by molar-refractivity contribution is 5.10. The third kappa shape index (κ3) is 0.877. The normalized spacial score (nSPS) is 35.3. The second kappa shape index (κ2) is 1.34. The van der Waals surface area contributed by atoms with E-state index in [0.29, 0.717) is 11.0 Å². The van der Waals surface area contributed by atoms with Gasteiger partial charge in [-0.3, -0.25) is 0 Å². The van der Waals surface area contributed by atoms with E-state index >= 15 is 0 Å². The molecule has 0 atom stereocenters. The Hall–Kier alpha value is -0.0400. The Balaban J connectivity index is 2.08. The van der Waals surface area contributed by atoms with Gasteiger partial charge in [0, 0.05) is 12.1 Å². The van der Waals surface area contributed by atoms with Crippen LogP contribution in [0.2, 0.25) is 0 Å². The Morgan fingerprint density at radius 3 is 2.11 bits per heavy atom. The van der Waals surface area contributed by atoms with Crippen LogP contribution in [0.5, 0.6) is 0 Å². The molecule has 2 rings (SSSR count). The standard InChI is InChI=1S/C8H15N/c1-7(2)5-8(3-4-8)9-6-7/h9H,3-6H2,1-2H3. The smallest absolute Gasteiger partial charge is 0.0188 e. The Kier molecular flexibility index (Phi) is 0.852. The summed E-state index contributed by atoms with van der Waals surface area (Å²) in [5.41, 5.74) is 1.21. The molecule has 2 fully saturated rings. The highest BCUT2D eigenvalue weighted by Gasteiger charge is 2.50. The first-order valence-corrected chi connectivity index (χ1v) is 3.87. The van der Waals surface area contributed by atoms with Crippen LogP contribution in [0.15, 0.2) is 0 Å². The summed E-state index contributed by atoms with van der Waals surface area (Å²) in [6, 6.07) is 0. The largest absolute Gasteiger partial charge is 0.311 e. The molecule has 1 N–H and O–H groups in total. The minimum atomic E-state index is 0.580. The molecule has 1 aliphatic carbocycles. The van der Waals surface area contributed by atoms with Gasteiger partial charge in [0.15, 0.2) is 0 Å². The predicted molar refractivity (Wildman–Crippen MR) is 38.4 cm³/mol. The van der Waals surface area contributed by atoms with E-state index < -0.39 is 0 Å². The van der Waals surface area contributed by atoms with E-state index in [1.165, 1.54) is 25.8 Å². The van der Waals surface area contributed by atoms with Gasteiger partial charge in [0.25, 0.3) is 0 Å². The van der Waals surface area contributed by atoms with Gasteiger partial charge in [-0.05, 0) is 24.7 Å². The summed E-state index contributed by atoms with van der Waals surface area (Å²) < 4.78 is 0. The molecule has 0 bridgehead atoms. The van der Waals surface area contributed by atoms with Crippen LogP contribution in [0.3, 0.4) is 0 Å². The van der Waals surface area contributed by atoms with Crippen molar-refractivity contribution >= 4 is 0 Å². The van der Waals surface area contributed by atoms with E-state index in [9.17, 15) is 0 Å². The highest BCUT2D eigenvalue weighted by atomic mass is 15.1. The van der Waals surface area contributed by atoms with Crippen LogP contribution in [0.1, 0.15) is 33.1 Å². The van der Waals surface area contributed by atoms with E-state index in [0.717, 1.165) is 0 Å². The molecule has 0 unspecified atom stereocenters. The molecule has 1 nitrogen and oxygen atoms in total. The van der Waals surface area contributed by atoms with Crippen LogP contribution in [-0.2, 0) is 0 Å². The van der Waals surface area contributed by atoms with Crippen LogP contribution >= 0.6 is 0 Å². The zero-order valence-corrected chi connectivity index (χ0v) is 6.33. The topological polar surface area (TPSA) is 12.0 Å². The van der Waals surface area contributed by atoms with Crippen molar-refractivity contribution in [2.24, 2.45) is 5.41 Å². The summed E-state index contributed by atoms with van der Waals surface area (Å²) in [7, 11) is 0. The van der Waals surface area contributed by atoms with Gasteiger partial charge in [0.05, 0.1) is 0 Å². The van der Waals surface area contributed by atoms with Crippen molar-refractivity contribution in [2.75, 3.05) is 6.54 Å². The molecule has 1 saturated heterocycles. The van der Waals surface area contributed by atoms with Crippen LogP contribution < -0.4 is 5.32 Å². The average molecular weight is 125 g/mol. The van der Waals surface area contributed by atoms with Crippen molar-refractivity contribution in [3.63, 3.8) is 0 Å². The van der Waals surface area contributed by atoms with Gasteiger partial charge in [-0.15, -0.1) is 0 Å². The molecule has 52 valence electrons. The first kappa shape index (κ1) is 5.72. The zero-order valence-electron chi connectivity index (χ0n) is 6.33. The number of hydrogen-bond donors (Lipinski definition) is 1. The quantitative estimate of drug-likeness (QED) is 0.518. The van der Waals surface area contributed by atoms with Gasteiger partial charge in [-0.2, -0.15) is 0 Å². The van der Waals surface area contributed by atoms with Gasteiger partial charge in [0.2, 0.25) is 0 Å². The fraction of sp³-hybridized carbons (Fsp3) is 1.00. The fourth-order valence-electron chi connectivity index (χ4n) is 1.97. The van der Waals surface area contributed by atoms with Crippen molar-refractivity contribution in [3.05, 3.63) is 0 Å². The molecule has 1 heterocycles. The maximum atomic E-state index is 3.60. The molecule has 1 heteroatoms. The maximum Gasteiger partial charge on any atom is 0.0188 e. The van der Waals surface area contributed by atoms with Crippen molar-refractivity contribution in [1.29, 1.82) is 0 Å². The third-order valence-corrected chi connectivity index (χ3v) is 2.61. The molecule has 0 aromatic rings. The van der Waals surface area contributed by atoms with Crippen molar-refractivity contribution < 1.29 is 0 Å². The van der Waals surface area contributed by atoms with Crippen LogP contribution in [-0.4, -0.2) is 12.1 Å². The summed E-state index contributed by atoms with van der Waals surface area (Å²) >= 11 is 0. The number of nitrogens with one attached hydrogen (secondary N) is 1. The summed E-state index contributed by atoms with van der Waals surface area (Å²) in [4.78, 5) is 0. The molecular weight excluding hydrogens is 110 g/mol. The Morgan fingerprint density at radius 1 is 1.22 bits per heavy atom. The lowest BCUT2D eigenvalue weighted by molar-refractivity contribution is 0.398. The molecule has 1 saturated carbocycles. The predicted octanol–water partition coefficient (Wildman–Crippen LogP) is 1.54. The molecule has 0 aromatic carbocycles. The van der Waals surface area contributed by atoms with Gasteiger partial charge >= 0.3 is 0 Å². The maximum absolute atomic E-state index is 3.60. The first-order chi connectivity index (χ1) is 4.12. The Morgan fingerprint density at radius 2 is 1.89 bits per heavy atom. The van der Waals surface area contributed by atoms with Crippen LogP contribution in [0.25, 0.3) is 0 Å². The minimum absolute atomic E-state index is 0.580. The molecule has 0 amide bonds. The fourth-order valence-corrected chi connectivity index (χ4v) is 1.97. The van der Waals surface area contributed by atoms with E-state index in [1.54, 1.807) is 0 Å². The monoisotopic (exact) mass is 125 g/mol. The van der Waals surface area contributed by atoms with Crippen LogP contribution in [0.4, 0.5) is 0 Å². The summed E-state index contributed by atoms with van der Waals surface area (Å²) in [6.45, 7) is 5.94. The van der Waals surface area contributed by atoms with E-state index in [-0.39, 0.29) is 0 Å². The number of rotatable bonds is 0. The molecule has 9 heavy (non-hydrogen) atoms. The van der Waals surface area contributed by atoms with E-state index in [4.69, 9.17) is 0 Å². The SMILES string of the molecule is CC1(C)CNC2(CC2)C1. The lowest BCUT2D eigenvalue weighted by Crippen LogP contribution is -2.22. The molecule has 0 aromatic heterocycles. The van der Waals surface area contributed by atoms with E-state index in [1.807, 2.05) is 0 Å². The van der Waals surface area contributed by atoms with Crippen LogP contribution in [0, 0.1) is 5.41 Å². The van der Waals surface area contributed by atoms with Crippen molar-refractivity contribution in [2.45, 2.75) is 38.6 Å². The second-order valence-corrected chi connectivity index (χ2v) is 4.47. The van der Waals surface area contributed by atoms with Crippen molar-refractivity contribution in [1.82, 2.24) is 5.32 Å². The molecular formula is C8H15N. The third-order valence-electron chi connectivity index (χ3n) is 2.61. The van der Waals surface area contributed by atoms with Crippen molar-refractivity contribution in [3.8, 4) is 0 Å². The first-order valence-electron chi connectivity index (χ1n) is 3.87. The van der Waals surface area contributed by atoms with Gasteiger partial charge in [-0.1, -0.05) is 13.8 Å². The summed E-state index contributed by atoms with van der Waals surface area (Å²) in [6.07, 6.45) is 4.26. The Bertz CT molecular complexity index is 130. The van der Waals surface area contributed by atoms with Gasteiger partial charge < -0.3 is 5.32 Å². The molecule has 1 spiro atoms. The lowest BCUT2D eigenvalue weighted by Gasteiger charge is -2.14. The second-order valence-electron chi connectivity index (χ2n) is 4.47. The zero-order chi connectivity index (χ0) is 6.54.